The molecule has 3 aromatic rings. The third-order valence-electron chi connectivity index (χ3n) is 4.33. The zero-order valence-corrected chi connectivity index (χ0v) is 13.9. The molecule has 3 nitrogen and oxygen atoms in total. The monoisotopic (exact) mass is 348 g/mol. The van der Waals surface area contributed by atoms with E-state index in [0.717, 1.165) is 29.7 Å². The lowest BCUT2D eigenvalue weighted by Crippen LogP contribution is -2.22. The second-order valence-electron chi connectivity index (χ2n) is 5.77. The van der Waals surface area contributed by atoms with E-state index in [9.17, 15) is 9.18 Å². The Labute approximate surface area is 141 Å². The average Bonchev–Trinajstić information content (AvgIpc) is 2.92. The highest BCUT2D eigenvalue weighted by molar-refractivity contribution is 7.18. The Hall–Kier alpha value is -1.72. The van der Waals surface area contributed by atoms with Crippen molar-refractivity contribution in [2.45, 2.75) is 32.2 Å². The molecule has 0 spiro atoms. The number of rotatable bonds is 2. The standard InChI is InChI=1S/C17H14ClFN2OS/c18-12-5-3-6-13(19)11(12)8-21-9-20-16-15(17(21)22)10-4-1-2-7-14(10)23-16/h3,5-6,9H,1-2,4,7-8H2. The topological polar surface area (TPSA) is 34.9 Å². The zero-order chi connectivity index (χ0) is 16.0. The second-order valence-corrected chi connectivity index (χ2v) is 7.26. The summed E-state index contributed by atoms with van der Waals surface area (Å²) in [6, 6.07) is 4.54. The molecule has 0 saturated heterocycles. The molecule has 1 aliphatic rings. The van der Waals surface area contributed by atoms with Crippen LogP contribution in [0.25, 0.3) is 10.2 Å². The fourth-order valence-corrected chi connectivity index (χ4v) is 4.59. The van der Waals surface area contributed by atoms with Gasteiger partial charge in [0.2, 0.25) is 0 Å². The van der Waals surface area contributed by atoms with E-state index in [-0.39, 0.29) is 12.1 Å². The molecule has 0 saturated carbocycles. The van der Waals surface area contributed by atoms with Gasteiger partial charge in [-0.3, -0.25) is 9.36 Å². The van der Waals surface area contributed by atoms with Gasteiger partial charge in [-0.25, -0.2) is 9.37 Å². The Kier molecular flexibility index (Phi) is 3.70. The smallest absolute Gasteiger partial charge is 0.262 e. The van der Waals surface area contributed by atoms with E-state index in [1.165, 1.54) is 28.3 Å². The summed E-state index contributed by atoms with van der Waals surface area (Å²) >= 11 is 7.68. The van der Waals surface area contributed by atoms with Gasteiger partial charge >= 0.3 is 0 Å². The maximum Gasteiger partial charge on any atom is 0.262 e. The Bertz CT molecular complexity index is 943. The van der Waals surface area contributed by atoms with Gasteiger partial charge in [0.1, 0.15) is 10.6 Å². The summed E-state index contributed by atoms with van der Waals surface area (Å²) < 4.78 is 15.4. The number of hydrogen-bond acceptors (Lipinski definition) is 3. The van der Waals surface area contributed by atoms with Crippen molar-refractivity contribution in [3.63, 3.8) is 0 Å². The quantitative estimate of drug-likeness (QED) is 0.696. The van der Waals surface area contributed by atoms with Crippen molar-refractivity contribution in [2.24, 2.45) is 0 Å². The van der Waals surface area contributed by atoms with Gasteiger partial charge in [0, 0.05) is 15.5 Å². The van der Waals surface area contributed by atoms with Crippen LogP contribution in [0.5, 0.6) is 0 Å². The van der Waals surface area contributed by atoms with Gasteiger partial charge < -0.3 is 0 Å². The van der Waals surface area contributed by atoms with Gasteiger partial charge in [0.25, 0.3) is 5.56 Å². The molecule has 0 amide bonds. The minimum Gasteiger partial charge on any atom is -0.294 e. The third-order valence-corrected chi connectivity index (χ3v) is 5.89. The first-order valence-electron chi connectivity index (χ1n) is 7.57. The van der Waals surface area contributed by atoms with Gasteiger partial charge in [-0.2, -0.15) is 0 Å². The summed E-state index contributed by atoms with van der Waals surface area (Å²) in [6.45, 7) is 0.0951. The van der Waals surface area contributed by atoms with Gasteiger partial charge in [-0.15, -0.1) is 11.3 Å². The molecule has 1 aliphatic carbocycles. The number of nitrogens with zero attached hydrogens (tertiary/aromatic N) is 2. The highest BCUT2D eigenvalue weighted by Crippen LogP contribution is 2.33. The van der Waals surface area contributed by atoms with Crippen molar-refractivity contribution in [3.8, 4) is 0 Å². The third kappa shape index (κ3) is 2.48. The van der Waals surface area contributed by atoms with Gasteiger partial charge in [-0.05, 0) is 43.4 Å². The van der Waals surface area contributed by atoms with Crippen LogP contribution < -0.4 is 5.56 Å². The van der Waals surface area contributed by atoms with E-state index in [4.69, 9.17) is 11.6 Å². The van der Waals surface area contributed by atoms with E-state index in [1.807, 2.05) is 0 Å². The number of thiophene rings is 1. The van der Waals surface area contributed by atoms with Crippen LogP contribution in [-0.4, -0.2) is 9.55 Å². The summed E-state index contributed by atoms with van der Waals surface area (Å²) in [6.07, 6.45) is 5.71. The first-order valence-corrected chi connectivity index (χ1v) is 8.77. The van der Waals surface area contributed by atoms with Crippen molar-refractivity contribution in [3.05, 3.63) is 61.7 Å². The number of hydrogen-bond donors (Lipinski definition) is 0. The Balaban J connectivity index is 1.85. The van der Waals surface area contributed by atoms with Crippen molar-refractivity contribution in [2.75, 3.05) is 0 Å². The lowest BCUT2D eigenvalue weighted by atomic mass is 9.97. The maximum absolute atomic E-state index is 14.0. The summed E-state index contributed by atoms with van der Waals surface area (Å²) in [4.78, 5) is 19.3. The predicted molar refractivity (Wildman–Crippen MR) is 91.0 cm³/mol. The summed E-state index contributed by atoms with van der Waals surface area (Å²) in [5, 5.41) is 1.03. The summed E-state index contributed by atoms with van der Waals surface area (Å²) in [5.41, 5.74) is 1.36. The van der Waals surface area contributed by atoms with Crippen LogP contribution in [0.15, 0.2) is 29.3 Å². The lowest BCUT2D eigenvalue weighted by Gasteiger charge is -2.11. The normalized spacial score (nSPS) is 14.2. The highest BCUT2D eigenvalue weighted by atomic mass is 35.5. The fourth-order valence-electron chi connectivity index (χ4n) is 3.15. The highest BCUT2D eigenvalue weighted by Gasteiger charge is 2.20. The first kappa shape index (κ1) is 14.8. The average molecular weight is 349 g/mol. The molecule has 1 aromatic carbocycles. The Morgan fingerprint density at radius 2 is 2.13 bits per heavy atom. The van der Waals surface area contributed by atoms with Crippen LogP contribution in [0.3, 0.4) is 0 Å². The molecule has 0 N–H and O–H groups in total. The Morgan fingerprint density at radius 3 is 2.96 bits per heavy atom. The molecule has 23 heavy (non-hydrogen) atoms. The van der Waals surface area contributed by atoms with Crippen LogP contribution in [0.2, 0.25) is 5.02 Å². The minimum atomic E-state index is -0.406. The summed E-state index contributed by atoms with van der Waals surface area (Å²) in [5.74, 6) is -0.406. The molecule has 0 unspecified atom stereocenters. The maximum atomic E-state index is 14.0. The largest absolute Gasteiger partial charge is 0.294 e. The number of aryl methyl sites for hydroxylation is 2. The molecule has 0 radical (unpaired) electrons. The van der Waals surface area contributed by atoms with Crippen LogP contribution in [-0.2, 0) is 19.4 Å². The van der Waals surface area contributed by atoms with Crippen LogP contribution in [0.1, 0.15) is 28.8 Å². The molecule has 118 valence electrons. The molecule has 4 rings (SSSR count). The fraction of sp³-hybridized carbons (Fsp3) is 0.294. The predicted octanol–water partition coefficient (Wildman–Crippen LogP) is 4.18. The van der Waals surface area contributed by atoms with Gasteiger partial charge in [0.05, 0.1) is 18.3 Å². The number of halogens is 2. The van der Waals surface area contributed by atoms with E-state index in [2.05, 4.69) is 4.98 Å². The van der Waals surface area contributed by atoms with Crippen LogP contribution in [0, 0.1) is 5.82 Å². The second kappa shape index (κ2) is 5.73. The zero-order valence-electron chi connectivity index (χ0n) is 12.3. The van der Waals surface area contributed by atoms with Gasteiger partial charge in [0.15, 0.2) is 0 Å². The molecule has 0 fully saturated rings. The van der Waals surface area contributed by atoms with Crippen molar-refractivity contribution >= 4 is 33.2 Å². The van der Waals surface area contributed by atoms with Crippen molar-refractivity contribution in [1.82, 2.24) is 9.55 Å². The van der Waals surface area contributed by atoms with Gasteiger partial charge in [-0.1, -0.05) is 17.7 Å². The molecular formula is C17H14ClFN2OS. The van der Waals surface area contributed by atoms with E-state index >= 15 is 0 Å². The van der Waals surface area contributed by atoms with E-state index < -0.39 is 5.82 Å². The molecule has 0 atom stereocenters. The minimum absolute atomic E-state index is 0.0951. The van der Waals surface area contributed by atoms with Crippen molar-refractivity contribution < 1.29 is 4.39 Å². The Morgan fingerprint density at radius 1 is 1.30 bits per heavy atom. The summed E-state index contributed by atoms with van der Waals surface area (Å²) in [7, 11) is 0. The molecule has 0 bridgehead atoms. The van der Waals surface area contributed by atoms with Crippen LogP contribution in [0.4, 0.5) is 4.39 Å². The molecule has 6 heteroatoms. The number of fused-ring (bicyclic) bond motifs is 3. The molecule has 0 aliphatic heterocycles. The number of aromatic nitrogens is 2. The first-order chi connectivity index (χ1) is 11.1. The van der Waals surface area contributed by atoms with E-state index in [1.54, 1.807) is 23.5 Å². The lowest BCUT2D eigenvalue weighted by molar-refractivity contribution is 0.595. The SMILES string of the molecule is O=c1c2c3c(sc2ncn1Cc1c(F)cccc1Cl)CCCC3. The molecular weight excluding hydrogens is 335 g/mol. The van der Waals surface area contributed by atoms with Crippen LogP contribution >= 0.6 is 22.9 Å². The van der Waals surface area contributed by atoms with Crippen molar-refractivity contribution in [1.29, 1.82) is 0 Å². The van der Waals surface area contributed by atoms with E-state index in [0.29, 0.717) is 16.0 Å². The number of benzene rings is 1. The molecule has 2 aromatic heterocycles. The molecule has 2 heterocycles.